The van der Waals surface area contributed by atoms with Gasteiger partial charge in [-0.15, -0.1) is 0 Å². The van der Waals surface area contributed by atoms with Gasteiger partial charge in [0.05, 0.1) is 0 Å². The van der Waals surface area contributed by atoms with Gasteiger partial charge in [-0.05, 0) is 45.8 Å². The molecule has 0 radical (unpaired) electrons. The molecule has 0 spiro atoms. The van der Waals surface area contributed by atoms with Crippen LogP contribution in [0.25, 0.3) is 0 Å². The quantitative estimate of drug-likeness (QED) is 0.461. The Bertz CT molecular complexity index is 152. The minimum absolute atomic E-state index is 0.737. The fraction of sp³-hybridized carbons (Fsp3) is 0.833. The Morgan fingerprint density at radius 2 is 2.14 bits per heavy atom. The molecule has 0 aromatic rings. The molecule has 0 fully saturated rings. The molecule has 0 aliphatic heterocycles. The van der Waals surface area contributed by atoms with Crippen molar-refractivity contribution < 1.29 is 0 Å². The molecule has 0 aliphatic carbocycles. The maximum Gasteiger partial charge on any atom is 0.0161 e. The van der Waals surface area contributed by atoms with Crippen molar-refractivity contribution in [2.24, 2.45) is 5.92 Å². The predicted molar refractivity (Wildman–Crippen MR) is 64.6 cm³/mol. The van der Waals surface area contributed by atoms with E-state index in [-0.39, 0.29) is 0 Å². The van der Waals surface area contributed by atoms with Crippen LogP contribution in [0, 0.1) is 5.92 Å². The zero-order valence-electron chi connectivity index (χ0n) is 10.2. The van der Waals surface area contributed by atoms with E-state index in [0.717, 1.165) is 25.6 Å². The van der Waals surface area contributed by atoms with Crippen LogP contribution >= 0.6 is 0 Å². The van der Waals surface area contributed by atoms with E-state index in [2.05, 4.69) is 37.5 Å². The van der Waals surface area contributed by atoms with Gasteiger partial charge in [-0.2, -0.15) is 0 Å². The lowest BCUT2D eigenvalue weighted by molar-refractivity contribution is 0.549. The minimum atomic E-state index is 0.737. The number of hydrogen-bond acceptors (Lipinski definition) is 2. The Balaban J connectivity index is 3.54. The molecule has 0 rings (SSSR count). The van der Waals surface area contributed by atoms with Crippen LogP contribution in [0.1, 0.15) is 33.6 Å². The van der Waals surface area contributed by atoms with Crippen molar-refractivity contribution in [3.63, 3.8) is 0 Å². The highest BCUT2D eigenvalue weighted by atomic mass is 14.8. The summed E-state index contributed by atoms with van der Waals surface area (Å²) in [5.41, 5.74) is 1.46. The summed E-state index contributed by atoms with van der Waals surface area (Å²) in [6.45, 7) is 9.94. The van der Waals surface area contributed by atoms with Gasteiger partial charge < -0.3 is 10.6 Å². The molecule has 84 valence electrons. The summed E-state index contributed by atoms with van der Waals surface area (Å²) in [4.78, 5) is 0. The van der Waals surface area contributed by atoms with Crippen LogP contribution < -0.4 is 10.6 Å². The van der Waals surface area contributed by atoms with E-state index in [1.165, 1.54) is 18.4 Å². The van der Waals surface area contributed by atoms with Gasteiger partial charge in [-0.1, -0.05) is 25.5 Å². The van der Waals surface area contributed by atoms with Gasteiger partial charge in [0.25, 0.3) is 0 Å². The third kappa shape index (κ3) is 8.27. The zero-order chi connectivity index (χ0) is 10.8. The molecule has 0 saturated carbocycles. The van der Waals surface area contributed by atoms with Crippen LogP contribution in [0.2, 0.25) is 0 Å². The average Bonchev–Trinajstić information content (AvgIpc) is 2.16. The second kappa shape index (κ2) is 9.22. The van der Waals surface area contributed by atoms with Crippen molar-refractivity contribution in [3.05, 3.63) is 11.6 Å². The van der Waals surface area contributed by atoms with Crippen LogP contribution in [0.5, 0.6) is 0 Å². The third-order valence-electron chi connectivity index (χ3n) is 2.25. The molecule has 14 heavy (non-hydrogen) atoms. The molecule has 0 amide bonds. The fourth-order valence-electron chi connectivity index (χ4n) is 1.37. The Labute approximate surface area is 89.2 Å². The summed E-state index contributed by atoms with van der Waals surface area (Å²) in [7, 11) is 2.01. The molecule has 0 aromatic carbocycles. The van der Waals surface area contributed by atoms with E-state index in [9.17, 15) is 0 Å². The van der Waals surface area contributed by atoms with E-state index in [1.807, 2.05) is 7.05 Å². The molecular weight excluding hydrogens is 172 g/mol. The summed E-state index contributed by atoms with van der Waals surface area (Å²) in [5, 5.41) is 6.61. The van der Waals surface area contributed by atoms with Crippen LogP contribution in [-0.2, 0) is 0 Å². The van der Waals surface area contributed by atoms with Crippen LogP contribution in [0.3, 0.4) is 0 Å². The van der Waals surface area contributed by atoms with E-state index < -0.39 is 0 Å². The van der Waals surface area contributed by atoms with Crippen LogP contribution in [-0.4, -0.2) is 26.7 Å². The van der Waals surface area contributed by atoms with Crippen molar-refractivity contribution in [2.75, 3.05) is 26.7 Å². The first kappa shape index (κ1) is 13.7. The third-order valence-corrected chi connectivity index (χ3v) is 2.25. The first-order valence-corrected chi connectivity index (χ1v) is 5.71. The second-order valence-electron chi connectivity index (χ2n) is 4.13. The number of allylic oxidation sites excluding steroid dienone is 1. The van der Waals surface area contributed by atoms with Gasteiger partial charge in [-0.3, -0.25) is 0 Å². The number of hydrogen-bond donors (Lipinski definition) is 2. The molecular formula is C12H26N2. The summed E-state index contributed by atoms with van der Waals surface area (Å²) in [6.07, 6.45) is 4.74. The van der Waals surface area contributed by atoms with E-state index >= 15 is 0 Å². The van der Waals surface area contributed by atoms with Crippen molar-refractivity contribution in [2.45, 2.75) is 33.6 Å². The topological polar surface area (TPSA) is 24.1 Å². The van der Waals surface area contributed by atoms with E-state index in [1.54, 1.807) is 0 Å². The minimum Gasteiger partial charge on any atom is -0.319 e. The average molecular weight is 198 g/mol. The Morgan fingerprint density at radius 3 is 2.71 bits per heavy atom. The lowest BCUT2D eigenvalue weighted by Crippen LogP contribution is -2.18. The van der Waals surface area contributed by atoms with Crippen molar-refractivity contribution in [1.29, 1.82) is 0 Å². The van der Waals surface area contributed by atoms with Gasteiger partial charge >= 0.3 is 0 Å². The number of rotatable bonds is 8. The van der Waals surface area contributed by atoms with Gasteiger partial charge in [0.1, 0.15) is 0 Å². The standard InChI is InChI=1S/C12H26N2/c1-5-8-14-10-12(3)7-6-11(2)9-13-4/h7,11,13-14H,5-6,8-10H2,1-4H3/b12-7-. The van der Waals surface area contributed by atoms with E-state index in [4.69, 9.17) is 0 Å². The summed E-state index contributed by atoms with van der Waals surface area (Å²) in [6, 6.07) is 0. The SMILES string of the molecule is CCCNC/C(C)=C\CC(C)CNC. The van der Waals surface area contributed by atoms with Gasteiger partial charge in [0.2, 0.25) is 0 Å². The molecule has 0 aliphatic rings. The highest BCUT2D eigenvalue weighted by Crippen LogP contribution is 2.03. The first-order chi connectivity index (χ1) is 6.70. The molecule has 0 bridgehead atoms. The molecule has 1 unspecified atom stereocenters. The predicted octanol–water partition coefficient (Wildman–Crippen LogP) is 2.18. The van der Waals surface area contributed by atoms with Gasteiger partial charge in [-0.25, -0.2) is 0 Å². The van der Waals surface area contributed by atoms with Gasteiger partial charge in [0.15, 0.2) is 0 Å². The smallest absolute Gasteiger partial charge is 0.0161 e. The Kier molecular flexibility index (Phi) is 9.00. The molecule has 2 N–H and O–H groups in total. The van der Waals surface area contributed by atoms with Crippen LogP contribution in [0.4, 0.5) is 0 Å². The lowest BCUT2D eigenvalue weighted by Gasteiger charge is -2.08. The first-order valence-electron chi connectivity index (χ1n) is 5.71. The monoisotopic (exact) mass is 198 g/mol. The van der Waals surface area contributed by atoms with E-state index in [0.29, 0.717) is 0 Å². The fourth-order valence-corrected chi connectivity index (χ4v) is 1.37. The summed E-state index contributed by atoms with van der Waals surface area (Å²) in [5.74, 6) is 0.737. The van der Waals surface area contributed by atoms with Crippen LogP contribution in [0.15, 0.2) is 11.6 Å². The second-order valence-corrected chi connectivity index (χ2v) is 4.13. The maximum atomic E-state index is 3.41. The molecule has 0 aromatic heterocycles. The number of nitrogens with one attached hydrogen (secondary N) is 2. The summed E-state index contributed by atoms with van der Waals surface area (Å²) >= 11 is 0. The molecule has 1 atom stereocenters. The van der Waals surface area contributed by atoms with Gasteiger partial charge in [0, 0.05) is 6.54 Å². The highest BCUT2D eigenvalue weighted by molar-refractivity contribution is 5.00. The lowest BCUT2D eigenvalue weighted by atomic mass is 10.1. The Hall–Kier alpha value is -0.340. The zero-order valence-corrected chi connectivity index (χ0v) is 10.2. The molecule has 2 heteroatoms. The Morgan fingerprint density at radius 1 is 1.43 bits per heavy atom. The largest absolute Gasteiger partial charge is 0.319 e. The van der Waals surface area contributed by atoms with Crippen molar-refractivity contribution in [3.8, 4) is 0 Å². The van der Waals surface area contributed by atoms with Crippen molar-refractivity contribution in [1.82, 2.24) is 10.6 Å². The molecule has 2 nitrogen and oxygen atoms in total. The normalized spacial score (nSPS) is 14.4. The highest BCUT2D eigenvalue weighted by Gasteiger charge is 1.97. The molecule has 0 heterocycles. The maximum absolute atomic E-state index is 3.41. The van der Waals surface area contributed by atoms with Crippen molar-refractivity contribution >= 4 is 0 Å². The molecule has 0 saturated heterocycles. The summed E-state index contributed by atoms with van der Waals surface area (Å²) < 4.78 is 0.